The van der Waals surface area contributed by atoms with Gasteiger partial charge in [0.25, 0.3) is 0 Å². The first-order valence-electron chi connectivity index (χ1n) is 3.68. The highest BCUT2D eigenvalue weighted by Crippen LogP contribution is 2.10. The van der Waals surface area contributed by atoms with E-state index in [0.717, 1.165) is 6.42 Å². The van der Waals surface area contributed by atoms with E-state index in [4.69, 9.17) is 5.73 Å². The molecule has 0 aromatic rings. The average Bonchev–Trinajstić information content (AvgIpc) is 1.89. The molecule has 0 aromatic heterocycles. The van der Waals surface area contributed by atoms with Crippen molar-refractivity contribution in [3.05, 3.63) is 0 Å². The van der Waals surface area contributed by atoms with E-state index in [1.54, 1.807) is 0 Å². The smallest absolute Gasteiger partial charge is 0.0504 e. The summed E-state index contributed by atoms with van der Waals surface area (Å²) < 4.78 is 0. The summed E-state index contributed by atoms with van der Waals surface area (Å²) in [5.74, 6) is 1.23. The van der Waals surface area contributed by atoms with Crippen LogP contribution in [-0.4, -0.2) is 11.1 Å². The molecule has 9 heavy (non-hydrogen) atoms. The fourth-order valence-electron chi connectivity index (χ4n) is 0.497. The zero-order valence-electron chi connectivity index (χ0n) is 6.39. The van der Waals surface area contributed by atoms with Crippen LogP contribution in [0.1, 0.15) is 33.1 Å². The molecule has 0 aromatic carbocycles. The number of thioether (sulfide) groups is 1. The fourth-order valence-corrected chi connectivity index (χ4v) is 1.49. The summed E-state index contributed by atoms with van der Waals surface area (Å²) in [7, 11) is 0. The second kappa shape index (κ2) is 6.43. The highest BCUT2D eigenvalue weighted by atomic mass is 32.2. The lowest BCUT2D eigenvalue weighted by Crippen LogP contribution is -2.13. The topological polar surface area (TPSA) is 26.0 Å². The third-order valence-electron chi connectivity index (χ3n) is 1.23. The summed E-state index contributed by atoms with van der Waals surface area (Å²) in [6.07, 6.45) is 3.68. The van der Waals surface area contributed by atoms with Crippen LogP contribution >= 0.6 is 11.8 Å². The Morgan fingerprint density at radius 2 is 2.11 bits per heavy atom. The molecule has 0 rings (SSSR count). The van der Waals surface area contributed by atoms with E-state index in [1.807, 2.05) is 11.8 Å². The molecule has 1 atom stereocenters. The van der Waals surface area contributed by atoms with Crippen LogP contribution in [0.5, 0.6) is 0 Å². The molecule has 0 saturated heterocycles. The molecule has 2 heteroatoms. The van der Waals surface area contributed by atoms with Gasteiger partial charge in [0.2, 0.25) is 0 Å². The van der Waals surface area contributed by atoms with Gasteiger partial charge in [-0.3, -0.25) is 0 Å². The van der Waals surface area contributed by atoms with Crippen molar-refractivity contribution in [3.63, 3.8) is 0 Å². The van der Waals surface area contributed by atoms with Gasteiger partial charge in [0.1, 0.15) is 0 Å². The van der Waals surface area contributed by atoms with Gasteiger partial charge in [-0.2, -0.15) is 0 Å². The van der Waals surface area contributed by atoms with Gasteiger partial charge in [0.15, 0.2) is 0 Å². The van der Waals surface area contributed by atoms with E-state index < -0.39 is 0 Å². The molecular formula is C7H17NS. The van der Waals surface area contributed by atoms with Crippen LogP contribution < -0.4 is 5.73 Å². The molecule has 2 N–H and O–H groups in total. The highest BCUT2D eigenvalue weighted by molar-refractivity contribution is 7.99. The molecule has 0 spiro atoms. The van der Waals surface area contributed by atoms with Crippen LogP contribution in [0.15, 0.2) is 0 Å². The minimum absolute atomic E-state index is 0.372. The zero-order chi connectivity index (χ0) is 7.11. The van der Waals surface area contributed by atoms with Crippen molar-refractivity contribution < 1.29 is 0 Å². The Hall–Kier alpha value is 0.310. The first-order chi connectivity index (χ1) is 4.31. The predicted octanol–water partition coefficient (Wildman–Crippen LogP) is 2.21. The summed E-state index contributed by atoms with van der Waals surface area (Å²) in [4.78, 5) is 0. The maximum absolute atomic E-state index is 5.68. The summed E-state index contributed by atoms with van der Waals surface area (Å²) in [6, 6.07) is 0. The Balaban J connectivity index is 2.88. The third kappa shape index (κ3) is 6.19. The minimum Gasteiger partial charge on any atom is -0.319 e. The zero-order valence-corrected chi connectivity index (χ0v) is 7.21. The largest absolute Gasteiger partial charge is 0.319 e. The van der Waals surface area contributed by atoms with E-state index in [1.165, 1.54) is 18.6 Å². The monoisotopic (exact) mass is 147 g/mol. The highest BCUT2D eigenvalue weighted by Gasteiger charge is 1.96. The average molecular weight is 147 g/mol. The summed E-state index contributed by atoms with van der Waals surface area (Å²) in [5, 5.41) is 0.372. The van der Waals surface area contributed by atoms with Crippen LogP contribution in [0.3, 0.4) is 0 Å². The van der Waals surface area contributed by atoms with E-state index in [-0.39, 0.29) is 0 Å². The molecule has 0 heterocycles. The van der Waals surface area contributed by atoms with Crippen molar-refractivity contribution in [1.29, 1.82) is 0 Å². The van der Waals surface area contributed by atoms with Crippen LogP contribution in [0, 0.1) is 0 Å². The van der Waals surface area contributed by atoms with Gasteiger partial charge in [-0.05, 0) is 18.6 Å². The second-order valence-electron chi connectivity index (χ2n) is 2.17. The van der Waals surface area contributed by atoms with Gasteiger partial charge in [0, 0.05) is 0 Å². The Bertz CT molecular complexity index is 56.9. The molecule has 0 aliphatic carbocycles. The van der Waals surface area contributed by atoms with E-state index in [9.17, 15) is 0 Å². The minimum atomic E-state index is 0.372. The molecule has 0 bridgehead atoms. The van der Waals surface area contributed by atoms with Gasteiger partial charge in [-0.1, -0.05) is 20.3 Å². The van der Waals surface area contributed by atoms with Crippen molar-refractivity contribution in [3.8, 4) is 0 Å². The quantitative estimate of drug-likeness (QED) is 0.476. The molecule has 0 aliphatic rings. The third-order valence-corrected chi connectivity index (χ3v) is 2.52. The summed E-state index contributed by atoms with van der Waals surface area (Å²) in [6.45, 7) is 4.33. The standard InChI is InChI=1S/C7H17NS/c1-3-5-6-9-7(8)4-2/h7H,3-6,8H2,1-2H3. The first-order valence-corrected chi connectivity index (χ1v) is 4.73. The van der Waals surface area contributed by atoms with E-state index in [0.29, 0.717) is 5.37 Å². The molecule has 0 aliphatic heterocycles. The molecular weight excluding hydrogens is 130 g/mol. The van der Waals surface area contributed by atoms with Gasteiger partial charge >= 0.3 is 0 Å². The Labute approximate surface area is 62.4 Å². The molecule has 1 nitrogen and oxygen atoms in total. The maximum Gasteiger partial charge on any atom is 0.0504 e. The van der Waals surface area contributed by atoms with Gasteiger partial charge in [-0.15, -0.1) is 11.8 Å². The lowest BCUT2D eigenvalue weighted by molar-refractivity contribution is 0.851. The number of nitrogens with two attached hydrogens (primary N) is 1. The number of rotatable bonds is 5. The summed E-state index contributed by atoms with van der Waals surface area (Å²) in [5.41, 5.74) is 5.68. The predicted molar refractivity (Wildman–Crippen MR) is 45.6 cm³/mol. The van der Waals surface area contributed by atoms with Gasteiger partial charge in [0.05, 0.1) is 5.37 Å². The molecule has 56 valence electrons. The van der Waals surface area contributed by atoms with Crippen LogP contribution in [0.25, 0.3) is 0 Å². The normalized spacial score (nSPS) is 13.7. The van der Waals surface area contributed by atoms with E-state index >= 15 is 0 Å². The molecule has 0 fully saturated rings. The number of hydrogen-bond acceptors (Lipinski definition) is 2. The van der Waals surface area contributed by atoms with Crippen LogP contribution in [-0.2, 0) is 0 Å². The van der Waals surface area contributed by atoms with Crippen molar-refractivity contribution in [2.24, 2.45) is 5.73 Å². The molecule has 0 saturated carbocycles. The molecule has 1 unspecified atom stereocenters. The first kappa shape index (κ1) is 9.31. The lowest BCUT2D eigenvalue weighted by atomic mass is 10.4. The van der Waals surface area contributed by atoms with Crippen LogP contribution in [0.4, 0.5) is 0 Å². The Kier molecular flexibility index (Phi) is 6.65. The van der Waals surface area contributed by atoms with Crippen LogP contribution in [0.2, 0.25) is 0 Å². The van der Waals surface area contributed by atoms with Crippen molar-refractivity contribution in [1.82, 2.24) is 0 Å². The lowest BCUT2D eigenvalue weighted by Gasteiger charge is -2.05. The van der Waals surface area contributed by atoms with Crippen molar-refractivity contribution in [2.45, 2.75) is 38.5 Å². The van der Waals surface area contributed by atoms with E-state index in [2.05, 4.69) is 13.8 Å². The Morgan fingerprint density at radius 3 is 2.56 bits per heavy atom. The Morgan fingerprint density at radius 1 is 1.44 bits per heavy atom. The number of hydrogen-bond donors (Lipinski definition) is 1. The fraction of sp³-hybridized carbons (Fsp3) is 1.00. The maximum atomic E-state index is 5.68. The molecule has 0 radical (unpaired) electrons. The van der Waals surface area contributed by atoms with Gasteiger partial charge in [-0.25, -0.2) is 0 Å². The SMILES string of the molecule is CCCCSC(N)CC. The van der Waals surface area contributed by atoms with Crippen molar-refractivity contribution in [2.75, 3.05) is 5.75 Å². The van der Waals surface area contributed by atoms with Crippen molar-refractivity contribution >= 4 is 11.8 Å². The summed E-state index contributed by atoms with van der Waals surface area (Å²) >= 11 is 1.88. The second-order valence-corrected chi connectivity index (χ2v) is 3.52. The molecule has 0 amide bonds. The van der Waals surface area contributed by atoms with Gasteiger partial charge < -0.3 is 5.73 Å². The number of unbranched alkanes of at least 4 members (excludes halogenated alkanes) is 1.